The van der Waals surface area contributed by atoms with Crippen LogP contribution < -0.4 is 9.47 Å². The largest absolute Gasteiger partial charge is 0.493 e. The Kier molecular flexibility index (Phi) is 4.62. The molecule has 1 aliphatic rings. The van der Waals surface area contributed by atoms with Gasteiger partial charge in [0, 0.05) is 17.1 Å². The standard InChI is InChI=1S/C16H14F2N2O2/c1-21-12-6-4-9-3-5-11(16(17)18)13(10(7-19)8-20)14(9)15(12)22-2/h4,6,11,16H,3,5H2,1-2H3. The SMILES string of the molecule is COc1ccc2c(c1OC)C(=C(C#N)C#N)C(C(F)F)CC2. The summed E-state index contributed by atoms with van der Waals surface area (Å²) in [7, 11) is 2.84. The summed E-state index contributed by atoms with van der Waals surface area (Å²) in [6, 6.07) is 6.90. The molecule has 114 valence electrons. The van der Waals surface area contributed by atoms with Crippen molar-refractivity contribution in [3.63, 3.8) is 0 Å². The molecule has 1 atom stereocenters. The number of methoxy groups -OCH3 is 2. The molecule has 0 fully saturated rings. The second kappa shape index (κ2) is 6.44. The van der Waals surface area contributed by atoms with Crippen molar-refractivity contribution in [3.8, 4) is 23.6 Å². The van der Waals surface area contributed by atoms with Gasteiger partial charge in [0.15, 0.2) is 11.5 Å². The molecular formula is C16H14F2N2O2. The average molecular weight is 304 g/mol. The van der Waals surface area contributed by atoms with E-state index >= 15 is 0 Å². The van der Waals surface area contributed by atoms with Crippen LogP contribution >= 0.6 is 0 Å². The van der Waals surface area contributed by atoms with Crippen LogP contribution in [0, 0.1) is 28.6 Å². The summed E-state index contributed by atoms with van der Waals surface area (Å²) < 4.78 is 37.3. The molecule has 0 aromatic heterocycles. The maximum absolute atomic E-state index is 13.4. The zero-order valence-electron chi connectivity index (χ0n) is 12.2. The summed E-state index contributed by atoms with van der Waals surface area (Å²) in [5.74, 6) is -0.505. The molecule has 1 aliphatic carbocycles. The Bertz CT molecular complexity index is 683. The highest BCUT2D eigenvalue weighted by Gasteiger charge is 2.36. The van der Waals surface area contributed by atoms with Gasteiger partial charge >= 0.3 is 0 Å². The van der Waals surface area contributed by atoms with Gasteiger partial charge in [-0.3, -0.25) is 0 Å². The molecule has 1 aromatic carbocycles. The molecule has 0 aliphatic heterocycles. The summed E-state index contributed by atoms with van der Waals surface area (Å²) in [5.41, 5.74) is 0.902. The van der Waals surface area contributed by atoms with E-state index in [0.29, 0.717) is 17.7 Å². The Morgan fingerprint density at radius 1 is 1.23 bits per heavy atom. The maximum Gasteiger partial charge on any atom is 0.245 e. The highest BCUT2D eigenvalue weighted by Crippen LogP contribution is 2.47. The van der Waals surface area contributed by atoms with Gasteiger partial charge in [-0.1, -0.05) is 6.07 Å². The molecule has 4 nitrogen and oxygen atoms in total. The predicted octanol–water partition coefficient (Wildman–Crippen LogP) is 3.33. The molecule has 6 heteroatoms. The van der Waals surface area contributed by atoms with E-state index < -0.39 is 12.3 Å². The van der Waals surface area contributed by atoms with Gasteiger partial charge in [0.05, 0.1) is 14.2 Å². The van der Waals surface area contributed by atoms with Crippen LogP contribution in [0.4, 0.5) is 8.78 Å². The summed E-state index contributed by atoms with van der Waals surface area (Å²) >= 11 is 0. The minimum Gasteiger partial charge on any atom is -0.493 e. The van der Waals surface area contributed by atoms with Crippen LogP contribution in [0.25, 0.3) is 5.57 Å². The Morgan fingerprint density at radius 2 is 1.91 bits per heavy atom. The highest BCUT2D eigenvalue weighted by atomic mass is 19.3. The third-order valence-electron chi connectivity index (χ3n) is 3.79. The van der Waals surface area contributed by atoms with Crippen LogP contribution in [-0.2, 0) is 6.42 Å². The fraction of sp³-hybridized carbons (Fsp3) is 0.375. The third kappa shape index (κ3) is 2.48. The molecule has 0 heterocycles. The highest BCUT2D eigenvalue weighted by molar-refractivity contribution is 5.84. The van der Waals surface area contributed by atoms with Crippen molar-refractivity contribution in [2.75, 3.05) is 14.2 Å². The number of allylic oxidation sites excluding steroid dienone is 2. The van der Waals surface area contributed by atoms with Crippen LogP contribution in [0.15, 0.2) is 17.7 Å². The number of nitriles is 2. The molecule has 0 amide bonds. The number of hydrogen-bond acceptors (Lipinski definition) is 4. The maximum atomic E-state index is 13.4. The number of rotatable bonds is 3. The molecule has 22 heavy (non-hydrogen) atoms. The smallest absolute Gasteiger partial charge is 0.245 e. The lowest BCUT2D eigenvalue weighted by Gasteiger charge is -2.29. The fourth-order valence-corrected chi connectivity index (χ4v) is 2.82. The minimum absolute atomic E-state index is 0.0528. The lowest BCUT2D eigenvalue weighted by molar-refractivity contribution is 0.0989. The number of halogens is 2. The van der Waals surface area contributed by atoms with Crippen molar-refractivity contribution < 1.29 is 18.3 Å². The van der Waals surface area contributed by atoms with Crippen molar-refractivity contribution in [2.24, 2.45) is 5.92 Å². The van der Waals surface area contributed by atoms with Crippen LogP contribution in [-0.4, -0.2) is 20.6 Å². The molecule has 0 radical (unpaired) electrons. The van der Waals surface area contributed by atoms with Gasteiger partial charge in [0.25, 0.3) is 0 Å². The van der Waals surface area contributed by atoms with Crippen molar-refractivity contribution in [1.82, 2.24) is 0 Å². The Balaban J connectivity index is 2.83. The summed E-state index contributed by atoms with van der Waals surface area (Å²) in [6.07, 6.45) is -2.04. The lowest BCUT2D eigenvalue weighted by atomic mass is 9.77. The van der Waals surface area contributed by atoms with Gasteiger partial charge in [0.1, 0.15) is 17.7 Å². The number of aryl methyl sites for hydroxylation is 1. The molecule has 0 N–H and O–H groups in total. The van der Waals surface area contributed by atoms with E-state index in [1.54, 1.807) is 24.3 Å². The molecular weight excluding hydrogens is 290 g/mol. The zero-order valence-corrected chi connectivity index (χ0v) is 12.2. The van der Waals surface area contributed by atoms with Gasteiger partial charge in [-0.15, -0.1) is 0 Å². The van der Waals surface area contributed by atoms with Gasteiger partial charge in [-0.2, -0.15) is 10.5 Å². The van der Waals surface area contributed by atoms with Crippen molar-refractivity contribution >= 4 is 5.57 Å². The Hall–Kier alpha value is -2.60. The first-order valence-corrected chi connectivity index (χ1v) is 6.65. The number of benzene rings is 1. The van der Waals surface area contributed by atoms with Crippen LogP contribution in [0.3, 0.4) is 0 Å². The Labute approximate surface area is 127 Å². The topological polar surface area (TPSA) is 66.0 Å². The molecule has 1 unspecified atom stereocenters. The van der Waals surface area contributed by atoms with Gasteiger partial charge in [-0.05, 0) is 24.5 Å². The number of ether oxygens (including phenoxy) is 2. The number of hydrogen-bond donors (Lipinski definition) is 0. The number of fused-ring (bicyclic) bond motifs is 1. The Morgan fingerprint density at radius 3 is 2.41 bits per heavy atom. The summed E-state index contributed by atoms with van der Waals surface area (Å²) in [6.45, 7) is 0. The number of alkyl halides is 2. The minimum atomic E-state index is -2.66. The first-order valence-electron chi connectivity index (χ1n) is 6.65. The fourth-order valence-electron chi connectivity index (χ4n) is 2.82. The first kappa shape index (κ1) is 15.8. The van der Waals surface area contributed by atoms with Crippen molar-refractivity contribution in [1.29, 1.82) is 10.5 Å². The molecule has 0 bridgehead atoms. The van der Waals surface area contributed by atoms with Crippen LogP contribution in [0.2, 0.25) is 0 Å². The van der Waals surface area contributed by atoms with Crippen LogP contribution in [0.1, 0.15) is 17.5 Å². The monoisotopic (exact) mass is 304 g/mol. The average Bonchev–Trinajstić information content (AvgIpc) is 2.54. The number of nitrogens with zero attached hydrogens (tertiary/aromatic N) is 2. The van der Waals surface area contributed by atoms with E-state index in [0.717, 1.165) is 5.56 Å². The molecule has 0 spiro atoms. The second-order valence-corrected chi connectivity index (χ2v) is 4.83. The summed E-state index contributed by atoms with van der Waals surface area (Å²) in [4.78, 5) is 0. The van der Waals surface area contributed by atoms with E-state index in [4.69, 9.17) is 20.0 Å². The normalized spacial score (nSPS) is 16.5. The van der Waals surface area contributed by atoms with Crippen molar-refractivity contribution in [3.05, 3.63) is 28.8 Å². The van der Waals surface area contributed by atoms with Gasteiger partial charge < -0.3 is 9.47 Å². The van der Waals surface area contributed by atoms with Gasteiger partial charge in [-0.25, -0.2) is 8.78 Å². The molecule has 0 saturated carbocycles. The third-order valence-corrected chi connectivity index (χ3v) is 3.79. The quantitative estimate of drug-likeness (QED) is 0.803. The lowest BCUT2D eigenvalue weighted by Crippen LogP contribution is -2.22. The second-order valence-electron chi connectivity index (χ2n) is 4.83. The van der Waals surface area contributed by atoms with Crippen molar-refractivity contribution in [2.45, 2.75) is 19.3 Å². The summed E-state index contributed by atoms with van der Waals surface area (Å²) in [5, 5.41) is 18.3. The van der Waals surface area contributed by atoms with E-state index in [1.807, 2.05) is 0 Å². The predicted molar refractivity (Wildman–Crippen MR) is 75.5 cm³/mol. The molecule has 2 rings (SSSR count). The zero-order chi connectivity index (χ0) is 16.3. The van der Waals surface area contributed by atoms with E-state index in [-0.39, 0.29) is 23.3 Å². The molecule has 1 aromatic rings. The first-order chi connectivity index (χ1) is 10.6. The molecule has 0 saturated heterocycles. The van der Waals surface area contributed by atoms with E-state index in [2.05, 4.69) is 0 Å². The van der Waals surface area contributed by atoms with Crippen LogP contribution in [0.5, 0.6) is 11.5 Å². The van der Waals surface area contributed by atoms with E-state index in [1.165, 1.54) is 14.2 Å². The van der Waals surface area contributed by atoms with E-state index in [9.17, 15) is 8.78 Å². The van der Waals surface area contributed by atoms with Gasteiger partial charge in [0.2, 0.25) is 6.43 Å².